The first-order valence-corrected chi connectivity index (χ1v) is 7.46. The summed E-state index contributed by atoms with van der Waals surface area (Å²) in [7, 11) is 0. The van der Waals surface area contributed by atoms with Crippen molar-refractivity contribution in [3.05, 3.63) is 69.9 Å². The molecule has 3 heterocycles. The molecule has 0 fully saturated rings. The van der Waals surface area contributed by atoms with Crippen LogP contribution >= 0.6 is 0 Å². The van der Waals surface area contributed by atoms with Gasteiger partial charge in [0.1, 0.15) is 5.65 Å². The van der Waals surface area contributed by atoms with Crippen LogP contribution in [0.15, 0.2) is 64.6 Å². The lowest BCUT2D eigenvalue weighted by Gasteiger charge is -2.03. The molecule has 2 aromatic carbocycles. The molecule has 0 aliphatic heterocycles. The Balaban J connectivity index is 2.11. The molecule has 0 spiro atoms. The quantitative estimate of drug-likeness (QED) is 0.376. The third-order valence-corrected chi connectivity index (χ3v) is 4.33. The van der Waals surface area contributed by atoms with Gasteiger partial charge in [-0.15, -0.1) is 4.91 Å². The van der Waals surface area contributed by atoms with Crippen molar-refractivity contribution in [3.8, 4) is 0 Å². The number of fused-ring (bicyclic) bond motifs is 5. The number of hydrogen-bond acceptors (Lipinski definition) is 4. The van der Waals surface area contributed by atoms with Gasteiger partial charge in [0.05, 0.1) is 10.9 Å². The number of benzene rings is 2. The molecule has 0 bridgehead atoms. The molecule has 0 aliphatic carbocycles. The number of hydrogen-bond donors (Lipinski definition) is 1. The maximum absolute atomic E-state index is 13.0. The molecule has 0 atom stereocenters. The number of nitroso groups, excluding NO2 is 1. The Morgan fingerprint density at radius 2 is 1.79 bits per heavy atom. The first-order chi connectivity index (χ1) is 11.8. The molecular formula is C18H10N4O2. The van der Waals surface area contributed by atoms with Crippen LogP contribution in [0.3, 0.4) is 0 Å². The number of para-hydroxylation sites is 2. The molecule has 5 rings (SSSR count). The minimum absolute atomic E-state index is 0.186. The van der Waals surface area contributed by atoms with Crippen LogP contribution in [-0.4, -0.2) is 14.4 Å². The molecule has 0 amide bonds. The molecule has 114 valence electrons. The number of nitrogens with zero attached hydrogens (tertiary/aromatic N) is 3. The van der Waals surface area contributed by atoms with Gasteiger partial charge in [0.15, 0.2) is 11.3 Å². The summed E-state index contributed by atoms with van der Waals surface area (Å²) in [5.74, 6) is 0. The first kappa shape index (κ1) is 13.0. The van der Waals surface area contributed by atoms with Crippen molar-refractivity contribution in [1.29, 1.82) is 0 Å². The zero-order chi connectivity index (χ0) is 16.3. The summed E-state index contributed by atoms with van der Waals surface area (Å²) in [5.41, 5.74) is 2.19. The predicted molar refractivity (Wildman–Crippen MR) is 93.8 cm³/mol. The van der Waals surface area contributed by atoms with E-state index in [2.05, 4.69) is 15.1 Å². The second-order valence-electron chi connectivity index (χ2n) is 5.65. The van der Waals surface area contributed by atoms with Crippen molar-refractivity contribution < 1.29 is 0 Å². The highest BCUT2D eigenvalue weighted by atomic mass is 16.3. The number of pyridine rings is 1. The minimum Gasteiger partial charge on any atom is -0.339 e. The number of rotatable bonds is 1. The SMILES string of the molecule is O=Nc1c2ccccc2n2c(=O)c3cc4ccccc4[nH]c3nc12. The van der Waals surface area contributed by atoms with Crippen molar-refractivity contribution in [1.82, 2.24) is 14.4 Å². The van der Waals surface area contributed by atoms with E-state index < -0.39 is 0 Å². The van der Waals surface area contributed by atoms with Crippen LogP contribution in [0.4, 0.5) is 5.69 Å². The Labute approximate surface area is 134 Å². The van der Waals surface area contributed by atoms with Crippen molar-refractivity contribution in [2.24, 2.45) is 5.18 Å². The Bertz CT molecular complexity index is 1350. The molecule has 1 N–H and O–H groups in total. The molecule has 0 radical (unpaired) electrons. The van der Waals surface area contributed by atoms with Gasteiger partial charge < -0.3 is 4.98 Å². The minimum atomic E-state index is -0.219. The van der Waals surface area contributed by atoms with E-state index in [1.54, 1.807) is 18.2 Å². The van der Waals surface area contributed by atoms with Gasteiger partial charge in [-0.1, -0.05) is 36.4 Å². The molecule has 0 aliphatic rings. The van der Waals surface area contributed by atoms with E-state index in [1.807, 2.05) is 36.4 Å². The topological polar surface area (TPSA) is 79.6 Å². The van der Waals surface area contributed by atoms with Gasteiger partial charge in [-0.2, -0.15) is 0 Å². The first-order valence-electron chi connectivity index (χ1n) is 7.46. The van der Waals surface area contributed by atoms with Gasteiger partial charge in [-0.25, -0.2) is 4.98 Å². The highest BCUT2D eigenvalue weighted by Gasteiger charge is 2.18. The van der Waals surface area contributed by atoms with Crippen LogP contribution in [-0.2, 0) is 0 Å². The van der Waals surface area contributed by atoms with Crippen LogP contribution in [0.1, 0.15) is 0 Å². The largest absolute Gasteiger partial charge is 0.339 e. The summed E-state index contributed by atoms with van der Waals surface area (Å²) >= 11 is 0. The molecule has 24 heavy (non-hydrogen) atoms. The molecule has 0 saturated carbocycles. The second-order valence-corrected chi connectivity index (χ2v) is 5.65. The number of nitrogens with one attached hydrogen (secondary N) is 1. The van der Waals surface area contributed by atoms with Gasteiger partial charge in [0, 0.05) is 10.9 Å². The van der Waals surface area contributed by atoms with Crippen molar-refractivity contribution in [3.63, 3.8) is 0 Å². The average Bonchev–Trinajstić information content (AvgIpc) is 2.94. The van der Waals surface area contributed by atoms with Gasteiger partial charge >= 0.3 is 0 Å². The van der Waals surface area contributed by atoms with Crippen molar-refractivity contribution in [2.45, 2.75) is 0 Å². The maximum Gasteiger partial charge on any atom is 0.267 e. The number of H-pyrrole nitrogens is 1. The molecule has 3 aromatic heterocycles. The molecule has 0 unspecified atom stereocenters. The van der Waals surface area contributed by atoms with Crippen LogP contribution in [0.5, 0.6) is 0 Å². The van der Waals surface area contributed by atoms with E-state index in [1.165, 1.54) is 4.40 Å². The van der Waals surface area contributed by atoms with E-state index >= 15 is 0 Å². The number of aromatic amines is 1. The Hall–Kier alpha value is -3.54. The van der Waals surface area contributed by atoms with Gasteiger partial charge in [0.2, 0.25) is 0 Å². The highest BCUT2D eigenvalue weighted by Crippen LogP contribution is 2.32. The summed E-state index contributed by atoms with van der Waals surface area (Å²) in [4.78, 5) is 32.1. The van der Waals surface area contributed by atoms with Crippen LogP contribution in [0.2, 0.25) is 0 Å². The fourth-order valence-corrected chi connectivity index (χ4v) is 3.24. The predicted octanol–water partition coefficient (Wildman–Crippen LogP) is 3.88. The summed E-state index contributed by atoms with van der Waals surface area (Å²) in [6.45, 7) is 0. The van der Waals surface area contributed by atoms with Gasteiger partial charge in [-0.3, -0.25) is 9.20 Å². The highest BCUT2D eigenvalue weighted by molar-refractivity contribution is 6.02. The van der Waals surface area contributed by atoms with Crippen LogP contribution < -0.4 is 5.56 Å². The monoisotopic (exact) mass is 314 g/mol. The normalized spacial score (nSPS) is 11.7. The number of aromatic nitrogens is 3. The van der Waals surface area contributed by atoms with Gasteiger partial charge in [-0.05, 0) is 28.8 Å². The standard InChI is InChI=1S/C18H10N4O2/c23-18-12-9-10-5-1-3-7-13(10)19-16(12)20-17-15(21-24)11-6-2-4-8-14(11)22(17)18/h1-9H,(H,19,20). The third-order valence-electron chi connectivity index (χ3n) is 4.33. The van der Waals surface area contributed by atoms with Crippen LogP contribution in [0.25, 0.3) is 38.5 Å². The molecule has 6 heteroatoms. The molecular weight excluding hydrogens is 304 g/mol. The second kappa shape index (κ2) is 4.48. The Kier molecular flexibility index (Phi) is 2.42. The van der Waals surface area contributed by atoms with E-state index in [0.717, 1.165) is 10.9 Å². The summed E-state index contributed by atoms with van der Waals surface area (Å²) < 4.78 is 1.46. The molecule has 6 nitrogen and oxygen atoms in total. The lowest BCUT2D eigenvalue weighted by molar-refractivity contribution is 1.13. The molecule has 0 saturated heterocycles. The van der Waals surface area contributed by atoms with Gasteiger partial charge in [0.25, 0.3) is 5.56 Å². The van der Waals surface area contributed by atoms with Crippen LogP contribution in [0, 0.1) is 4.91 Å². The smallest absolute Gasteiger partial charge is 0.267 e. The summed E-state index contributed by atoms with van der Waals surface area (Å²) in [6, 6.07) is 16.7. The van der Waals surface area contributed by atoms with E-state index in [-0.39, 0.29) is 16.9 Å². The third kappa shape index (κ3) is 1.54. The van der Waals surface area contributed by atoms with E-state index in [4.69, 9.17) is 0 Å². The lowest BCUT2D eigenvalue weighted by Crippen LogP contribution is -2.14. The average molecular weight is 314 g/mol. The zero-order valence-electron chi connectivity index (χ0n) is 12.4. The Morgan fingerprint density at radius 3 is 2.67 bits per heavy atom. The summed E-state index contributed by atoms with van der Waals surface area (Å²) in [6.07, 6.45) is 0. The lowest BCUT2D eigenvalue weighted by atomic mass is 10.2. The fraction of sp³-hybridized carbons (Fsp3) is 0. The van der Waals surface area contributed by atoms with Crippen molar-refractivity contribution >= 4 is 44.2 Å². The molecule has 5 aromatic rings. The maximum atomic E-state index is 13.0. The summed E-state index contributed by atoms with van der Waals surface area (Å²) in [5, 5.41) is 5.13. The van der Waals surface area contributed by atoms with E-state index in [0.29, 0.717) is 21.9 Å². The Morgan fingerprint density at radius 1 is 1.00 bits per heavy atom. The fourth-order valence-electron chi connectivity index (χ4n) is 3.24. The van der Waals surface area contributed by atoms with E-state index in [9.17, 15) is 9.70 Å². The zero-order valence-corrected chi connectivity index (χ0v) is 12.4. The van der Waals surface area contributed by atoms with Crippen molar-refractivity contribution in [2.75, 3.05) is 0 Å².